The smallest absolute Gasteiger partial charge is 0.251 e. The first-order chi connectivity index (χ1) is 11.0. The van der Waals surface area contributed by atoms with Crippen molar-refractivity contribution in [3.63, 3.8) is 0 Å². The molecular formula is C18H26ClN3O2. The summed E-state index contributed by atoms with van der Waals surface area (Å²) >= 11 is 0. The number of nitrogens with one attached hydrogen (secondary N) is 2. The van der Waals surface area contributed by atoms with Crippen molar-refractivity contribution in [2.45, 2.75) is 51.1 Å². The lowest BCUT2D eigenvalue weighted by Crippen LogP contribution is -2.40. The van der Waals surface area contributed by atoms with Crippen LogP contribution >= 0.6 is 12.4 Å². The minimum absolute atomic E-state index is 0. The van der Waals surface area contributed by atoms with Gasteiger partial charge in [-0.3, -0.25) is 9.59 Å². The standard InChI is InChI=1S/C18H25N3O2.ClH/c1-11-9-16(11)18(23)21-15-4-2-3-12(10-15)17(22)20-14-7-5-13(19)6-8-14;/h2-4,10-11,13-14,16H,5-9,19H2,1H3,(H,20,22)(H,21,23);1H. The molecule has 6 heteroatoms. The van der Waals surface area contributed by atoms with Gasteiger partial charge in [-0.05, 0) is 56.2 Å². The molecule has 1 aromatic rings. The summed E-state index contributed by atoms with van der Waals surface area (Å²) in [5.74, 6) is 0.566. The van der Waals surface area contributed by atoms with E-state index in [9.17, 15) is 9.59 Å². The molecule has 0 aromatic heterocycles. The van der Waals surface area contributed by atoms with E-state index in [-0.39, 0.29) is 42.2 Å². The maximum absolute atomic E-state index is 12.4. The van der Waals surface area contributed by atoms with Crippen LogP contribution in [0.5, 0.6) is 0 Å². The van der Waals surface area contributed by atoms with Crippen molar-refractivity contribution in [2.24, 2.45) is 17.6 Å². The monoisotopic (exact) mass is 351 g/mol. The zero-order chi connectivity index (χ0) is 16.4. The zero-order valence-electron chi connectivity index (χ0n) is 14.0. The molecule has 0 aliphatic heterocycles. The van der Waals surface area contributed by atoms with Gasteiger partial charge in [0.15, 0.2) is 0 Å². The van der Waals surface area contributed by atoms with Gasteiger partial charge < -0.3 is 16.4 Å². The SMILES string of the molecule is CC1CC1C(=O)Nc1cccc(C(=O)NC2CCC(N)CC2)c1.Cl. The molecule has 2 saturated carbocycles. The van der Waals surface area contributed by atoms with Gasteiger partial charge >= 0.3 is 0 Å². The average molecular weight is 352 g/mol. The van der Waals surface area contributed by atoms with Gasteiger partial charge in [0, 0.05) is 29.3 Å². The third-order valence-electron chi connectivity index (χ3n) is 4.95. The Morgan fingerprint density at radius 3 is 2.46 bits per heavy atom. The van der Waals surface area contributed by atoms with E-state index in [1.54, 1.807) is 18.2 Å². The lowest BCUT2D eigenvalue weighted by molar-refractivity contribution is -0.117. The van der Waals surface area contributed by atoms with Crippen molar-refractivity contribution < 1.29 is 9.59 Å². The van der Waals surface area contributed by atoms with Crippen LogP contribution in [0.2, 0.25) is 0 Å². The zero-order valence-corrected chi connectivity index (χ0v) is 14.8. The highest BCUT2D eigenvalue weighted by Crippen LogP contribution is 2.38. The Labute approximate surface area is 149 Å². The summed E-state index contributed by atoms with van der Waals surface area (Å²) in [7, 11) is 0. The number of carbonyl (C=O) groups excluding carboxylic acids is 2. The number of benzene rings is 1. The molecule has 2 amide bonds. The molecule has 2 aliphatic carbocycles. The van der Waals surface area contributed by atoms with Crippen LogP contribution in [0.1, 0.15) is 49.4 Å². The second kappa shape index (κ2) is 7.99. The molecule has 0 saturated heterocycles. The predicted octanol–water partition coefficient (Wildman–Crippen LogP) is 2.70. The fourth-order valence-corrected chi connectivity index (χ4v) is 3.19. The number of nitrogens with two attached hydrogens (primary N) is 1. The molecule has 2 atom stereocenters. The van der Waals surface area contributed by atoms with Crippen LogP contribution in [0.25, 0.3) is 0 Å². The maximum Gasteiger partial charge on any atom is 0.251 e. The first-order valence-electron chi connectivity index (χ1n) is 8.50. The molecule has 0 bridgehead atoms. The van der Waals surface area contributed by atoms with E-state index < -0.39 is 0 Å². The van der Waals surface area contributed by atoms with Crippen LogP contribution < -0.4 is 16.4 Å². The summed E-state index contributed by atoms with van der Waals surface area (Å²) in [6.07, 6.45) is 4.74. The van der Waals surface area contributed by atoms with E-state index in [0.717, 1.165) is 32.1 Å². The Morgan fingerprint density at radius 1 is 1.17 bits per heavy atom. The molecular weight excluding hydrogens is 326 g/mol. The minimum atomic E-state index is -0.0821. The van der Waals surface area contributed by atoms with Crippen LogP contribution in [0.3, 0.4) is 0 Å². The summed E-state index contributed by atoms with van der Waals surface area (Å²) in [4.78, 5) is 24.4. The maximum atomic E-state index is 12.4. The summed E-state index contributed by atoms with van der Waals surface area (Å²) in [5.41, 5.74) is 7.16. The molecule has 3 rings (SSSR count). The van der Waals surface area contributed by atoms with Crippen molar-refractivity contribution in [3.05, 3.63) is 29.8 Å². The Kier molecular flexibility index (Phi) is 6.24. The van der Waals surface area contributed by atoms with Crippen molar-refractivity contribution in [1.82, 2.24) is 5.32 Å². The van der Waals surface area contributed by atoms with Gasteiger partial charge in [0.25, 0.3) is 5.91 Å². The van der Waals surface area contributed by atoms with Crippen LogP contribution in [0.4, 0.5) is 5.69 Å². The third kappa shape index (κ3) is 4.71. The molecule has 0 radical (unpaired) electrons. The van der Waals surface area contributed by atoms with E-state index in [2.05, 4.69) is 17.6 Å². The molecule has 0 heterocycles. The second-order valence-corrected chi connectivity index (χ2v) is 6.97. The van der Waals surface area contributed by atoms with Gasteiger partial charge in [0.05, 0.1) is 0 Å². The average Bonchev–Trinajstić information content (AvgIpc) is 3.27. The van der Waals surface area contributed by atoms with Crippen LogP contribution in [0, 0.1) is 11.8 Å². The van der Waals surface area contributed by atoms with E-state index in [4.69, 9.17) is 5.73 Å². The molecule has 5 nitrogen and oxygen atoms in total. The molecule has 2 unspecified atom stereocenters. The molecule has 132 valence electrons. The molecule has 1 aromatic carbocycles. The summed E-state index contributed by atoms with van der Waals surface area (Å²) in [6.45, 7) is 2.07. The second-order valence-electron chi connectivity index (χ2n) is 6.97. The number of amides is 2. The van der Waals surface area contributed by atoms with Crippen LogP contribution in [0.15, 0.2) is 24.3 Å². The first kappa shape index (κ1) is 18.7. The van der Waals surface area contributed by atoms with Gasteiger partial charge in [-0.15, -0.1) is 12.4 Å². The number of carbonyl (C=O) groups is 2. The Morgan fingerprint density at radius 2 is 1.83 bits per heavy atom. The Bertz CT molecular complexity index is 600. The number of rotatable bonds is 4. The number of hydrogen-bond acceptors (Lipinski definition) is 3. The summed E-state index contributed by atoms with van der Waals surface area (Å²) in [6, 6.07) is 7.62. The highest BCUT2D eigenvalue weighted by molar-refractivity contribution is 5.98. The van der Waals surface area contributed by atoms with Gasteiger partial charge in [0.2, 0.25) is 5.91 Å². The first-order valence-corrected chi connectivity index (χ1v) is 8.50. The van der Waals surface area contributed by atoms with Crippen molar-refractivity contribution in [3.8, 4) is 0 Å². The largest absolute Gasteiger partial charge is 0.349 e. The van der Waals surface area contributed by atoms with E-state index in [1.165, 1.54) is 0 Å². The summed E-state index contributed by atoms with van der Waals surface area (Å²) < 4.78 is 0. The number of halogens is 1. The molecule has 24 heavy (non-hydrogen) atoms. The normalized spacial score (nSPS) is 28.4. The van der Waals surface area contributed by atoms with Gasteiger partial charge in [0.1, 0.15) is 0 Å². The fourth-order valence-electron chi connectivity index (χ4n) is 3.19. The lowest BCUT2D eigenvalue weighted by atomic mass is 9.91. The van der Waals surface area contributed by atoms with Gasteiger partial charge in [-0.2, -0.15) is 0 Å². The third-order valence-corrected chi connectivity index (χ3v) is 4.95. The minimum Gasteiger partial charge on any atom is -0.349 e. The van der Waals surface area contributed by atoms with Crippen molar-refractivity contribution >= 4 is 29.9 Å². The molecule has 2 fully saturated rings. The lowest BCUT2D eigenvalue weighted by Gasteiger charge is -2.26. The summed E-state index contributed by atoms with van der Waals surface area (Å²) in [5, 5.41) is 5.97. The van der Waals surface area contributed by atoms with E-state index in [0.29, 0.717) is 17.2 Å². The topological polar surface area (TPSA) is 84.2 Å². The Balaban J connectivity index is 0.00000208. The van der Waals surface area contributed by atoms with E-state index >= 15 is 0 Å². The fraction of sp³-hybridized carbons (Fsp3) is 0.556. The van der Waals surface area contributed by atoms with Crippen molar-refractivity contribution in [2.75, 3.05) is 5.32 Å². The Hall–Kier alpha value is -1.59. The predicted molar refractivity (Wildman–Crippen MR) is 97.3 cm³/mol. The van der Waals surface area contributed by atoms with E-state index in [1.807, 2.05) is 6.07 Å². The number of anilines is 1. The van der Waals surface area contributed by atoms with Gasteiger partial charge in [-0.1, -0.05) is 13.0 Å². The van der Waals surface area contributed by atoms with Crippen LogP contribution in [-0.2, 0) is 4.79 Å². The molecule has 0 spiro atoms. The quantitative estimate of drug-likeness (QED) is 0.779. The van der Waals surface area contributed by atoms with Crippen LogP contribution in [-0.4, -0.2) is 23.9 Å². The molecule has 4 N–H and O–H groups in total. The van der Waals surface area contributed by atoms with Gasteiger partial charge in [-0.25, -0.2) is 0 Å². The number of hydrogen-bond donors (Lipinski definition) is 3. The highest BCUT2D eigenvalue weighted by atomic mass is 35.5. The highest BCUT2D eigenvalue weighted by Gasteiger charge is 2.39. The molecule has 2 aliphatic rings. The van der Waals surface area contributed by atoms with Crippen molar-refractivity contribution in [1.29, 1.82) is 0 Å².